The third-order valence-corrected chi connectivity index (χ3v) is 5.76. The third kappa shape index (κ3) is 4.80. The molecule has 1 aromatic rings. The molecule has 0 heterocycles. The Morgan fingerprint density at radius 3 is 2.52 bits per heavy atom. The fraction of sp³-hybridized carbons (Fsp3) is 0.667. The molecule has 0 aromatic heterocycles. The van der Waals surface area contributed by atoms with E-state index in [-0.39, 0.29) is 6.10 Å². The molecular formula is C18H28BrNO. The van der Waals surface area contributed by atoms with E-state index in [2.05, 4.69) is 34.8 Å². The van der Waals surface area contributed by atoms with Gasteiger partial charge in [0.05, 0.1) is 6.10 Å². The van der Waals surface area contributed by atoms with Gasteiger partial charge >= 0.3 is 0 Å². The average Bonchev–Trinajstić information content (AvgIpc) is 2.52. The zero-order chi connectivity index (χ0) is 15.2. The number of nitrogens with zero attached hydrogens (tertiary/aromatic N) is 1. The Morgan fingerprint density at radius 1 is 1.24 bits per heavy atom. The number of halogens is 1. The monoisotopic (exact) mass is 353 g/mol. The Bertz CT molecular complexity index is 429. The molecule has 1 aliphatic rings. The maximum absolute atomic E-state index is 10.4. The molecule has 1 N–H and O–H groups in total. The van der Waals surface area contributed by atoms with E-state index in [0.29, 0.717) is 6.04 Å². The summed E-state index contributed by atoms with van der Waals surface area (Å²) in [5.41, 5.74) is 1.00. The highest BCUT2D eigenvalue weighted by Crippen LogP contribution is 2.30. The van der Waals surface area contributed by atoms with Gasteiger partial charge in [-0.25, -0.2) is 0 Å². The zero-order valence-corrected chi connectivity index (χ0v) is 14.8. The molecule has 3 heteroatoms. The molecule has 1 saturated carbocycles. The van der Waals surface area contributed by atoms with Crippen LogP contribution in [0.2, 0.25) is 0 Å². The third-order valence-electron chi connectivity index (χ3n) is 5.04. The van der Waals surface area contributed by atoms with E-state index in [0.717, 1.165) is 28.9 Å². The fourth-order valence-electron chi connectivity index (χ4n) is 3.40. The van der Waals surface area contributed by atoms with Gasteiger partial charge in [-0.05, 0) is 56.7 Å². The van der Waals surface area contributed by atoms with Crippen LogP contribution >= 0.6 is 15.9 Å². The first kappa shape index (κ1) is 17.0. The lowest BCUT2D eigenvalue weighted by atomic mass is 9.84. The topological polar surface area (TPSA) is 23.5 Å². The van der Waals surface area contributed by atoms with Crippen molar-refractivity contribution in [3.63, 3.8) is 0 Å². The summed E-state index contributed by atoms with van der Waals surface area (Å²) < 4.78 is 1.00. The summed E-state index contributed by atoms with van der Waals surface area (Å²) in [5.74, 6) is 0.945. The quantitative estimate of drug-likeness (QED) is 0.795. The van der Waals surface area contributed by atoms with E-state index in [1.807, 2.05) is 24.3 Å². The highest BCUT2D eigenvalue weighted by molar-refractivity contribution is 9.10. The average molecular weight is 354 g/mol. The van der Waals surface area contributed by atoms with Crippen LogP contribution in [0.4, 0.5) is 0 Å². The molecule has 0 amide bonds. The number of aliphatic hydroxyl groups is 1. The second-order valence-corrected chi connectivity index (χ2v) is 7.24. The lowest BCUT2D eigenvalue weighted by Crippen LogP contribution is -2.36. The largest absolute Gasteiger partial charge is 0.388 e. The second kappa shape index (κ2) is 8.30. The molecule has 0 saturated heterocycles. The molecule has 1 aromatic carbocycles. The molecule has 1 fully saturated rings. The van der Waals surface area contributed by atoms with Crippen LogP contribution < -0.4 is 0 Å². The fourth-order valence-corrected chi connectivity index (χ4v) is 3.95. The maximum Gasteiger partial charge on any atom is 0.0813 e. The normalized spacial score (nSPS) is 24.2. The first-order chi connectivity index (χ1) is 10.1. The van der Waals surface area contributed by atoms with E-state index in [1.54, 1.807) is 0 Å². The lowest BCUT2D eigenvalue weighted by Gasteiger charge is -2.34. The van der Waals surface area contributed by atoms with Crippen molar-refractivity contribution in [1.82, 2.24) is 4.90 Å². The predicted molar refractivity (Wildman–Crippen MR) is 92.4 cm³/mol. The molecule has 0 spiro atoms. The van der Waals surface area contributed by atoms with Crippen molar-refractivity contribution in [3.8, 4) is 0 Å². The molecule has 118 valence electrons. The molecule has 1 unspecified atom stereocenters. The molecule has 21 heavy (non-hydrogen) atoms. The van der Waals surface area contributed by atoms with Crippen LogP contribution in [0, 0.1) is 5.92 Å². The van der Waals surface area contributed by atoms with E-state index in [1.165, 1.54) is 32.1 Å². The molecule has 0 radical (unpaired) electrons. The molecule has 0 aliphatic heterocycles. The van der Waals surface area contributed by atoms with E-state index in [9.17, 15) is 5.11 Å². The van der Waals surface area contributed by atoms with Crippen LogP contribution in [-0.2, 0) is 0 Å². The number of aliphatic hydroxyl groups excluding tert-OH is 1. The van der Waals surface area contributed by atoms with E-state index in [4.69, 9.17) is 0 Å². The maximum atomic E-state index is 10.4. The first-order valence-electron chi connectivity index (χ1n) is 8.24. The summed E-state index contributed by atoms with van der Waals surface area (Å²) in [7, 11) is 2.21. The van der Waals surface area contributed by atoms with Gasteiger partial charge in [0, 0.05) is 17.1 Å². The van der Waals surface area contributed by atoms with Gasteiger partial charge in [-0.1, -0.05) is 47.5 Å². The van der Waals surface area contributed by atoms with Crippen LogP contribution in [0.15, 0.2) is 28.7 Å². The summed E-state index contributed by atoms with van der Waals surface area (Å²) in [6, 6.07) is 8.67. The van der Waals surface area contributed by atoms with Crippen molar-refractivity contribution in [1.29, 1.82) is 0 Å². The van der Waals surface area contributed by atoms with Gasteiger partial charge in [-0.3, -0.25) is 0 Å². The SMILES string of the molecule is CCC1CCC(N(C)CCC(O)c2ccccc2Br)CC1. The highest BCUT2D eigenvalue weighted by atomic mass is 79.9. The Kier molecular flexibility index (Phi) is 6.72. The summed E-state index contributed by atoms with van der Waals surface area (Å²) >= 11 is 3.52. The van der Waals surface area contributed by atoms with Crippen LogP contribution in [0.5, 0.6) is 0 Å². The van der Waals surface area contributed by atoms with E-state index >= 15 is 0 Å². The summed E-state index contributed by atoms with van der Waals surface area (Å²) in [5, 5.41) is 10.4. The first-order valence-corrected chi connectivity index (χ1v) is 9.03. The van der Waals surface area contributed by atoms with Crippen molar-refractivity contribution in [2.24, 2.45) is 5.92 Å². The Labute approximate surface area is 137 Å². The van der Waals surface area contributed by atoms with Gasteiger partial charge in [0.1, 0.15) is 0 Å². The number of rotatable bonds is 6. The smallest absolute Gasteiger partial charge is 0.0813 e. The predicted octanol–water partition coefficient (Wildman–Crippen LogP) is 4.77. The standard InChI is InChI=1S/C18H28BrNO/c1-3-14-8-10-15(11-9-14)20(2)13-12-18(21)16-6-4-5-7-17(16)19/h4-7,14-15,18,21H,3,8-13H2,1-2H3. The van der Waals surface area contributed by atoms with Gasteiger partial charge in [0.15, 0.2) is 0 Å². The van der Waals surface area contributed by atoms with Crippen molar-refractivity contribution in [2.75, 3.05) is 13.6 Å². The summed E-state index contributed by atoms with van der Waals surface area (Å²) in [4.78, 5) is 2.45. The van der Waals surface area contributed by atoms with Crippen molar-refractivity contribution < 1.29 is 5.11 Å². The molecule has 1 aliphatic carbocycles. The lowest BCUT2D eigenvalue weighted by molar-refractivity contribution is 0.116. The number of benzene rings is 1. The molecular weight excluding hydrogens is 326 g/mol. The minimum absolute atomic E-state index is 0.380. The Balaban J connectivity index is 1.79. The van der Waals surface area contributed by atoms with Gasteiger partial charge in [-0.15, -0.1) is 0 Å². The molecule has 0 bridgehead atoms. The van der Waals surface area contributed by atoms with Crippen LogP contribution in [0.1, 0.15) is 57.1 Å². The molecule has 2 rings (SSSR count). The van der Waals surface area contributed by atoms with Crippen molar-refractivity contribution in [3.05, 3.63) is 34.3 Å². The molecule has 1 atom stereocenters. The second-order valence-electron chi connectivity index (χ2n) is 6.39. The van der Waals surface area contributed by atoms with Gasteiger partial charge < -0.3 is 10.0 Å². The van der Waals surface area contributed by atoms with Crippen LogP contribution in [0.3, 0.4) is 0 Å². The summed E-state index contributed by atoms with van der Waals surface area (Å²) in [6.07, 6.45) is 7.14. The van der Waals surface area contributed by atoms with Crippen molar-refractivity contribution in [2.45, 2.75) is 57.6 Å². The Hall–Kier alpha value is -0.380. The Morgan fingerprint density at radius 2 is 1.90 bits per heavy atom. The van der Waals surface area contributed by atoms with Gasteiger partial charge in [0.25, 0.3) is 0 Å². The molecule has 2 nitrogen and oxygen atoms in total. The van der Waals surface area contributed by atoms with Crippen molar-refractivity contribution >= 4 is 15.9 Å². The minimum Gasteiger partial charge on any atom is -0.388 e. The van der Waals surface area contributed by atoms with Gasteiger partial charge in [0.2, 0.25) is 0 Å². The summed E-state index contributed by atoms with van der Waals surface area (Å²) in [6.45, 7) is 3.27. The van der Waals surface area contributed by atoms with Crippen LogP contribution in [-0.4, -0.2) is 29.6 Å². The van der Waals surface area contributed by atoms with Crippen LogP contribution in [0.25, 0.3) is 0 Å². The number of hydrogen-bond acceptors (Lipinski definition) is 2. The van der Waals surface area contributed by atoms with E-state index < -0.39 is 0 Å². The highest BCUT2D eigenvalue weighted by Gasteiger charge is 2.23. The van der Waals surface area contributed by atoms with Gasteiger partial charge in [-0.2, -0.15) is 0 Å². The zero-order valence-electron chi connectivity index (χ0n) is 13.3. The number of hydrogen-bond donors (Lipinski definition) is 1. The minimum atomic E-state index is -0.380.